The minimum absolute atomic E-state index is 0.208. The molecule has 2 aliphatic rings. The molecule has 3 nitrogen and oxygen atoms in total. The molecule has 1 saturated carbocycles. The maximum atomic E-state index is 12.0. The minimum Gasteiger partial charge on any atom is -0.374 e. The molecule has 0 aromatic rings. The fourth-order valence-electron chi connectivity index (χ4n) is 2.83. The van der Waals surface area contributed by atoms with Crippen molar-refractivity contribution in [1.29, 1.82) is 0 Å². The van der Waals surface area contributed by atoms with Crippen LogP contribution in [0.5, 0.6) is 0 Å². The Hall–Kier alpha value is -0.260. The highest BCUT2D eigenvalue weighted by Crippen LogP contribution is 2.40. The van der Waals surface area contributed by atoms with Crippen LogP contribution in [0, 0.1) is 5.92 Å². The third kappa shape index (κ3) is 4.14. The van der Waals surface area contributed by atoms with Gasteiger partial charge in [0.25, 0.3) is 6.43 Å². The van der Waals surface area contributed by atoms with Crippen LogP contribution in [-0.2, 0) is 4.74 Å². The van der Waals surface area contributed by atoms with E-state index in [1.165, 1.54) is 12.8 Å². The number of hydrogen-bond donors (Lipinski definition) is 1. The van der Waals surface area contributed by atoms with Crippen LogP contribution >= 0.6 is 0 Å². The van der Waals surface area contributed by atoms with Crippen molar-refractivity contribution >= 4 is 0 Å². The quantitative estimate of drug-likeness (QED) is 0.738. The summed E-state index contributed by atoms with van der Waals surface area (Å²) in [5, 5.41) is 3.66. The van der Waals surface area contributed by atoms with Gasteiger partial charge in [-0.05, 0) is 45.2 Å². The Kier molecular flexibility index (Phi) is 4.92. The van der Waals surface area contributed by atoms with E-state index in [9.17, 15) is 8.78 Å². The van der Waals surface area contributed by atoms with Crippen molar-refractivity contribution in [1.82, 2.24) is 10.2 Å². The highest BCUT2D eigenvalue weighted by molar-refractivity contribution is 5.00. The van der Waals surface area contributed by atoms with Crippen molar-refractivity contribution in [2.45, 2.75) is 38.2 Å². The van der Waals surface area contributed by atoms with E-state index in [0.717, 1.165) is 38.5 Å². The summed E-state index contributed by atoms with van der Waals surface area (Å²) in [6.45, 7) is 6.13. The molecule has 2 fully saturated rings. The minimum atomic E-state index is -2.35. The van der Waals surface area contributed by atoms with Crippen LogP contribution in [0.4, 0.5) is 8.78 Å². The van der Waals surface area contributed by atoms with Gasteiger partial charge in [-0.2, -0.15) is 0 Å². The van der Waals surface area contributed by atoms with Gasteiger partial charge in [-0.3, -0.25) is 4.90 Å². The fraction of sp³-hybridized carbons (Fsp3) is 1.00. The summed E-state index contributed by atoms with van der Waals surface area (Å²) in [4.78, 5) is 2.35. The molecule has 1 N–H and O–H groups in total. The van der Waals surface area contributed by atoms with Gasteiger partial charge in [0.05, 0.1) is 6.61 Å². The summed E-state index contributed by atoms with van der Waals surface area (Å²) in [6, 6.07) is 0. The monoisotopic (exact) mass is 262 g/mol. The molecular weight excluding hydrogens is 238 g/mol. The Labute approximate surface area is 108 Å². The highest BCUT2D eigenvalue weighted by atomic mass is 19.3. The van der Waals surface area contributed by atoms with Gasteiger partial charge < -0.3 is 10.1 Å². The van der Waals surface area contributed by atoms with Gasteiger partial charge in [-0.25, -0.2) is 8.78 Å². The van der Waals surface area contributed by atoms with E-state index in [2.05, 4.69) is 17.1 Å². The van der Waals surface area contributed by atoms with Crippen LogP contribution in [0.15, 0.2) is 0 Å². The van der Waals surface area contributed by atoms with E-state index >= 15 is 0 Å². The Morgan fingerprint density at radius 1 is 1.44 bits per heavy atom. The van der Waals surface area contributed by atoms with Crippen molar-refractivity contribution in [3.8, 4) is 0 Å². The first-order chi connectivity index (χ1) is 8.60. The normalized spacial score (nSPS) is 30.7. The van der Waals surface area contributed by atoms with E-state index in [1.54, 1.807) is 0 Å². The van der Waals surface area contributed by atoms with Crippen LogP contribution in [0.2, 0.25) is 0 Å². The molecule has 0 spiro atoms. The maximum Gasteiger partial charge on any atom is 0.261 e. The van der Waals surface area contributed by atoms with Gasteiger partial charge in [0.15, 0.2) is 0 Å². The Bertz CT molecular complexity index is 261. The number of ether oxygens (including phenoxy) is 1. The van der Waals surface area contributed by atoms with Gasteiger partial charge in [-0.1, -0.05) is 0 Å². The molecule has 106 valence electrons. The van der Waals surface area contributed by atoms with Gasteiger partial charge in [0, 0.05) is 18.6 Å². The average molecular weight is 262 g/mol. The molecule has 2 rings (SSSR count). The molecule has 18 heavy (non-hydrogen) atoms. The van der Waals surface area contributed by atoms with Crippen LogP contribution in [-0.4, -0.2) is 56.3 Å². The van der Waals surface area contributed by atoms with Crippen LogP contribution in [0.25, 0.3) is 0 Å². The SMILES string of the molecule is CC1(C2CC2)CN(CCOCC(F)F)CCCN1. The number of rotatable bonds is 6. The van der Waals surface area contributed by atoms with E-state index in [-0.39, 0.29) is 5.54 Å². The van der Waals surface area contributed by atoms with E-state index in [0.29, 0.717) is 6.61 Å². The summed E-state index contributed by atoms with van der Waals surface area (Å²) >= 11 is 0. The summed E-state index contributed by atoms with van der Waals surface area (Å²) in [5.74, 6) is 0.792. The predicted octanol–water partition coefficient (Wildman–Crippen LogP) is 1.73. The Balaban J connectivity index is 1.73. The number of nitrogens with zero attached hydrogens (tertiary/aromatic N) is 1. The summed E-state index contributed by atoms with van der Waals surface area (Å²) in [7, 11) is 0. The van der Waals surface area contributed by atoms with Crippen molar-refractivity contribution in [2.75, 3.05) is 39.4 Å². The number of nitrogens with one attached hydrogen (secondary N) is 1. The van der Waals surface area contributed by atoms with Crippen molar-refractivity contribution in [3.05, 3.63) is 0 Å². The summed E-state index contributed by atoms with van der Waals surface area (Å²) in [6.07, 6.45) is 1.41. The standard InChI is InChI=1S/C13H24F2N2O/c1-13(11-3-4-11)10-17(6-2-5-16-13)7-8-18-9-12(14)15/h11-12,16H,2-10H2,1H3. The maximum absolute atomic E-state index is 12.0. The summed E-state index contributed by atoms with van der Waals surface area (Å²) in [5.41, 5.74) is 0.208. The number of halogens is 2. The third-order valence-electron chi connectivity index (χ3n) is 4.01. The number of hydrogen-bond acceptors (Lipinski definition) is 3. The van der Waals surface area contributed by atoms with E-state index in [1.807, 2.05) is 0 Å². The zero-order valence-electron chi connectivity index (χ0n) is 11.1. The largest absolute Gasteiger partial charge is 0.374 e. The van der Waals surface area contributed by atoms with Gasteiger partial charge in [-0.15, -0.1) is 0 Å². The lowest BCUT2D eigenvalue weighted by atomic mass is 9.95. The van der Waals surface area contributed by atoms with Crippen LogP contribution in [0.1, 0.15) is 26.2 Å². The molecule has 1 saturated heterocycles. The van der Waals surface area contributed by atoms with Gasteiger partial charge in [0.2, 0.25) is 0 Å². The molecule has 1 aliphatic carbocycles. The van der Waals surface area contributed by atoms with Crippen molar-refractivity contribution in [2.24, 2.45) is 5.92 Å². The van der Waals surface area contributed by atoms with Gasteiger partial charge in [0.1, 0.15) is 6.61 Å². The third-order valence-corrected chi connectivity index (χ3v) is 4.01. The molecule has 0 bridgehead atoms. The molecule has 5 heteroatoms. The second kappa shape index (κ2) is 6.26. The molecule has 0 radical (unpaired) electrons. The molecule has 1 heterocycles. The van der Waals surface area contributed by atoms with E-state index < -0.39 is 13.0 Å². The smallest absolute Gasteiger partial charge is 0.261 e. The molecule has 1 atom stereocenters. The second-order valence-corrected chi connectivity index (χ2v) is 5.71. The molecular formula is C13H24F2N2O. The Morgan fingerprint density at radius 3 is 2.89 bits per heavy atom. The fourth-order valence-corrected chi connectivity index (χ4v) is 2.83. The lowest BCUT2D eigenvalue weighted by Gasteiger charge is -2.33. The lowest BCUT2D eigenvalue weighted by Crippen LogP contribution is -2.51. The molecule has 1 unspecified atom stereocenters. The zero-order valence-corrected chi connectivity index (χ0v) is 11.1. The molecule has 0 amide bonds. The molecule has 0 aromatic carbocycles. The van der Waals surface area contributed by atoms with E-state index in [4.69, 9.17) is 4.74 Å². The first kappa shape index (κ1) is 14.2. The van der Waals surface area contributed by atoms with Crippen molar-refractivity contribution in [3.63, 3.8) is 0 Å². The molecule has 1 aliphatic heterocycles. The average Bonchev–Trinajstić information content (AvgIpc) is 3.11. The highest BCUT2D eigenvalue weighted by Gasteiger charge is 2.42. The topological polar surface area (TPSA) is 24.5 Å². The van der Waals surface area contributed by atoms with Crippen LogP contribution < -0.4 is 5.32 Å². The van der Waals surface area contributed by atoms with Gasteiger partial charge >= 0.3 is 0 Å². The van der Waals surface area contributed by atoms with Crippen LogP contribution in [0.3, 0.4) is 0 Å². The van der Waals surface area contributed by atoms with Crippen molar-refractivity contribution < 1.29 is 13.5 Å². The first-order valence-corrected chi connectivity index (χ1v) is 6.93. The first-order valence-electron chi connectivity index (χ1n) is 6.93. The second-order valence-electron chi connectivity index (χ2n) is 5.71. The lowest BCUT2D eigenvalue weighted by molar-refractivity contribution is 0.00831. The molecule has 0 aromatic heterocycles. The summed E-state index contributed by atoms with van der Waals surface area (Å²) < 4.78 is 28.9. The predicted molar refractivity (Wildman–Crippen MR) is 67.0 cm³/mol. The number of alkyl halides is 2. The zero-order chi connectivity index (χ0) is 13.0. The Morgan fingerprint density at radius 2 is 2.22 bits per heavy atom.